The van der Waals surface area contributed by atoms with E-state index in [0.29, 0.717) is 22.0 Å². The van der Waals surface area contributed by atoms with Gasteiger partial charge in [0.2, 0.25) is 0 Å². The van der Waals surface area contributed by atoms with Gasteiger partial charge in [-0.1, -0.05) is 6.07 Å². The molecule has 102 valence electrons. The largest absolute Gasteiger partial charge is 0.398 e. The van der Waals surface area contributed by atoms with Crippen LogP contribution in [0.25, 0.3) is 10.9 Å². The number of ketones is 1. The van der Waals surface area contributed by atoms with Crippen LogP contribution < -0.4 is 5.73 Å². The quantitative estimate of drug-likeness (QED) is 0.558. The highest BCUT2D eigenvalue weighted by molar-refractivity contribution is 6.19. The molecule has 0 fully saturated rings. The van der Waals surface area contributed by atoms with Crippen molar-refractivity contribution >= 4 is 22.4 Å². The van der Waals surface area contributed by atoms with E-state index < -0.39 is 11.6 Å². The fraction of sp³-hybridized carbons (Fsp3) is 0. The van der Waals surface area contributed by atoms with E-state index in [2.05, 4.69) is 11.1 Å². The minimum absolute atomic E-state index is 0.0867. The Morgan fingerprint density at radius 1 is 1.24 bits per heavy atom. The van der Waals surface area contributed by atoms with E-state index in [9.17, 15) is 9.18 Å². The number of aromatic nitrogens is 1. The standard InChI is InChI=1S/C16H10FN3O/c17-10-4-5-13(19)11(6-10)16(21)12-8-20-14-3-1-2-9(7-18)15(12)14/h1-6,8,20H,19H2. The summed E-state index contributed by atoms with van der Waals surface area (Å²) >= 11 is 0. The molecule has 0 atom stereocenters. The first-order valence-corrected chi connectivity index (χ1v) is 6.21. The van der Waals surface area contributed by atoms with Crippen LogP contribution in [-0.2, 0) is 0 Å². The van der Waals surface area contributed by atoms with Crippen LogP contribution >= 0.6 is 0 Å². The molecule has 0 bridgehead atoms. The van der Waals surface area contributed by atoms with E-state index >= 15 is 0 Å². The highest BCUT2D eigenvalue weighted by Gasteiger charge is 2.19. The van der Waals surface area contributed by atoms with Crippen LogP contribution in [0.3, 0.4) is 0 Å². The van der Waals surface area contributed by atoms with Crippen molar-refractivity contribution in [3.63, 3.8) is 0 Å². The maximum atomic E-state index is 13.3. The highest BCUT2D eigenvalue weighted by atomic mass is 19.1. The number of nitrogens with two attached hydrogens (primary N) is 1. The second kappa shape index (κ2) is 4.76. The molecule has 0 aliphatic heterocycles. The molecule has 3 aromatic rings. The van der Waals surface area contributed by atoms with Crippen molar-refractivity contribution in [3.8, 4) is 6.07 Å². The Balaban J connectivity index is 2.24. The van der Waals surface area contributed by atoms with Gasteiger partial charge in [-0.2, -0.15) is 5.26 Å². The van der Waals surface area contributed by atoms with Crippen molar-refractivity contribution in [1.29, 1.82) is 5.26 Å². The number of hydrogen-bond acceptors (Lipinski definition) is 3. The molecule has 0 aliphatic rings. The first kappa shape index (κ1) is 12.9. The summed E-state index contributed by atoms with van der Waals surface area (Å²) in [6, 6.07) is 10.8. The van der Waals surface area contributed by atoms with E-state index in [1.54, 1.807) is 18.2 Å². The number of anilines is 1. The average Bonchev–Trinajstić information content (AvgIpc) is 2.93. The summed E-state index contributed by atoms with van der Waals surface area (Å²) < 4.78 is 13.3. The summed E-state index contributed by atoms with van der Waals surface area (Å²) in [6.45, 7) is 0. The van der Waals surface area contributed by atoms with Gasteiger partial charge < -0.3 is 10.7 Å². The van der Waals surface area contributed by atoms with Crippen LogP contribution in [0.2, 0.25) is 0 Å². The Morgan fingerprint density at radius 3 is 2.81 bits per heavy atom. The lowest BCUT2D eigenvalue weighted by Gasteiger charge is -2.04. The summed E-state index contributed by atoms with van der Waals surface area (Å²) in [5.41, 5.74) is 7.39. The molecule has 0 unspecified atom stereocenters. The fourth-order valence-electron chi connectivity index (χ4n) is 2.33. The van der Waals surface area contributed by atoms with Gasteiger partial charge in [0.05, 0.1) is 11.6 Å². The first-order valence-electron chi connectivity index (χ1n) is 6.21. The molecule has 0 amide bonds. The Bertz CT molecular complexity index is 906. The number of carbonyl (C=O) groups is 1. The Morgan fingerprint density at radius 2 is 2.05 bits per heavy atom. The fourth-order valence-corrected chi connectivity index (χ4v) is 2.33. The van der Waals surface area contributed by atoms with Crippen molar-refractivity contribution < 1.29 is 9.18 Å². The van der Waals surface area contributed by atoms with E-state index in [0.717, 1.165) is 6.07 Å². The molecule has 0 saturated heterocycles. The summed E-state index contributed by atoms with van der Waals surface area (Å²) in [6.07, 6.45) is 1.51. The predicted molar refractivity (Wildman–Crippen MR) is 77.3 cm³/mol. The number of hydrogen-bond donors (Lipinski definition) is 2. The molecule has 0 spiro atoms. The van der Waals surface area contributed by atoms with Gasteiger partial charge in [-0.15, -0.1) is 0 Å². The van der Waals surface area contributed by atoms with Crippen molar-refractivity contribution in [2.24, 2.45) is 0 Å². The number of aromatic amines is 1. The molecule has 3 rings (SSSR count). The van der Waals surface area contributed by atoms with Gasteiger partial charge >= 0.3 is 0 Å². The monoisotopic (exact) mass is 279 g/mol. The number of nitrogens with zero attached hydrogens (tertiary/aromatic N) is 1. The third-order valence-corrected chi connectivity index (χ3v) is 3.33. The maximum absolute atomic E-state index is 13.3. The summed E-state index contributed by atoms with van der Waals surface area (Å²) in [7, 11) is 0. The van der Waals surface area contributed by atoms with Crippen molar-refractivity contribution in [3.05, 3.63) is 65.1 Å². The summed E-state index contributed by atoms with van der Waals surface area (Å²) in [4.78, 5) is 15.5. The zero-order chi connectivity index (χ0) is 15.0. The third-order valence-electron chi connectivity index (χ3n) is 3.33. The molecule has 5 heteroatoms. The molecule has 0 saturated carbocycles. The molecular formula is C16H10FN3O. The van der Waals surface area contributed by atoms with Gasteiger partial charge in [0.15, 0.2) is 5.78 Å². The number of nitriles is 1. The lowest BCUT2D eigenvalue weighted by Crippen LogP contribution is -2.05. The molecule has 2 aromatic carbocycles. The van der Waals surface area contributed by atoms with Crippen molar-refractivity contribution in [2.45, 2.75) is 0 Å². The highest BCUT2D eigenvalue weighted by Crippen LogP contribution is 2.26. The van der Waals surface area contributed by atoms with Crippen molar-refractivity contribution in [1.82, 2.24) is 4.98 Å². The van der Waals surface area contributed by atoms with E-state index in [4.69, 9.17) is 11.0 Å². The average molecular weight is 279 g/mol. The van der Waals surface area contributed by atoms with Crippen LogP contribution in [0.15, 0.2) is 42.6 Å². The summed E-state index contributed by atoms with van der Waals surface area (Å²) in [5, 5.41) is 9.69. The van der Waals surface area contributed by atoms with E-state index in [1.807, 2.05) is 0 Å². The van der Waals surface area contributed by atoms with Crippen LogP contribution in [-0.4, -0.2) is 10.8 Å². The number of fused-ring (bicyclic) bond motifs is 1. The molecule has 0 aliphatic carbocycles. The van der Waals surface area contributed by atoms with Crippen LogP contribution in [0.1, 0.15) is 21.5 Å². The number of halogens is 1. The molecular weight excluding hydrogens is 269 g/mol. The van der Waals surface area contributed by atoms with E-state index in [1.165, 1.54) is 18.3 Å². The maximum Gasteiger partial charge on any atom is 0.197 e. The second-order valence-corrected chi connectivity index (χ2v) is 4.60. The zero-order valence-corrected chi connectivity index (χ0v) is 10.9. The number of H-pyrrole nitrogens is 1. The summed E-state index contributed by atoms with van der Waals surface area (Å²) in [5.74, 6) is -0.950. The topological polar surface area (TPSA) is 82.7 Å². The van der Waals surface area contributed by atoms with Gasteiger partial charge in [0.1, 0.15) is 5.82 Å². The van der Waals surface area contributed by atoms with Crippen molar-refractivity contribution in [2.75, 3.05) is 5.73 Å². The smallest absolute Gasteiger partial charge is 0.197 e. The van der Waals surface area contributed by atoms with Gasteiger partial charge in [-0.05, 0) is 30.3 Å². The zero-order valence-electron chi connectivity index (χ0n) is 10.9. The SMILES string of the molecule is N#Cc1cccc2[nH]cc(C(=O)c3cc(F)ccc3N)c12. The number of nitrogen functional groups attached to an aromatic ring is 1. The van der Waals surface area contributed by atoms with Gasteiger partial charge in [-0.3, -0.25) is 4.79 Å². The Kier molecular flexibility index (Phi) is 2.92. The molecule has 0 radical (unpaired) electrons. The Hall–Kier alpha value is -3.13. The number of carbonyl (C=O) groups excluding carboxylic acids is 1. The van der Waals surface area contributed by atoms with Crippen LogP contribution in [0, 0.1) is 17.1 Å². The second-order valence-electron chi connectivity index (χ2n) is 4.60. The molecule has 1 aromatic heterocycles. The van der Waals surface area contributed by atoms with Gasteiger partial charge in [0, 0.05) is 33.9 Å². The van der Waals surface area contributed by atoms with E-state index in [-0.39, 0.29) is 11.3 Å². The van der Waals surface area contributed by atoms with Crippen LogP contribution in [0.5, 0.6) is 0 Å². The number of rotatable bonds is 2. The minimum atomic E-state index is -0.534. The van der Waals surface area contributed by atoms with Gasteiger partial charge in [-0.25, -0.2) is 4.39 Å². The minimum Gasteiger partial charge on any atom is -0.398 e. The lowest BCUT2D eigenvalue weighted by molar-refractivity contribution is 0.104. The van der Waals surface area contributed by atoms with Gasteiger partial charge in [0.25, 0.3) is 0 Å². The molecule has 1 heterocycles. The first-order chi connectivity index (χ1) is 10.1. The number of benzene rings is 2. The lowest BCUT2D eigenvalue weighted by atomic mass is 9.99. The molecule has 4 nitrogen and oxygen atoms in total. The normalized spacial score (nSPS) is 10.5. The third kappa shape index (κ3) is 2.03. The number of nitrogens with one attached hydrogen (secondary N) is 1. The predicted octanol–water partition coefficient (Wildman–Crippen LogP) is 2.99. The Labute approximate surface area is 119 Å². The molecule has 3 N–H and O–H groups in total. The van der Waals surface area contributed by atoms with Crippen LogP contribution in [0.4, 0.5) is 10.1 Å². The molecule has 21 heavy (non-hydrogen) atoms.